The predicted molar refractivity (Wildman–Crippen MR) is 109 cm³/mol. The van der Waals surface area contributed by atoms with Gasteiger partial charge < -0.3 is 14.2 Å². The number of furan rings is 1. The van der Waals surface area contributed by atoms with Crippen LogP contribution in [0, 0.1) is 5.82 Å². The minimum absolute atomic E-state index is 0.202. The molecule has 9 heteroatoms. The Bertz CT molecular complexity index is 1230. The van der Waals surface area contributed by atoms with Crippen LogP contribution in [0.1, 0.15) is 10.6 Å². The second-order valence-electron chi connectivity index (χ2n) is 7.13. The number of rotatable bonds is 3. The fraction of sp³-hybridized carbons (Fsp3) is 0.238. The Morgan fingerprint density at radius 2 is 1.87 bits per heavy atom. The van der Waals surface area contributed by atoms with E-state index in [-0.39, 0.29) is 17.5 Å². The number of halogens is 1. The van der Waals surface area contributed by atoms with Crippen LogP contribution in [0.15, 0.2) is 53.3 Å². The first-order valence-corrected chi connectivity index (χ1v) is 9.63. The Morgan fingerprint density at radius 1 is 1.07 bits per heavy atom. The van der Waals surface area contributed by atoms with Crippen molar-refractivity contribution in [3.63, 3.8) is 0 Å². The Morgan fingerprint density at radius 3 is 2.67 bits per heavy atom. The fourth-order valence-electron chi connectivity index (χ4n) is 3.74. The van der Waals surface area contributed by atoms with Crippen LogP contribution in [-0.4, -0.2) is 56.7 Å². The van der Waals surface area contributed by atoms with Gasteiger partial charge >= 0.3 is 0 Å². The number of hydrogen-bond donors (Lipinski definition) is 0. The molecular formula is C21H19FN6O2. The van der Waals surface area contributed by atoms with Gasteiger partial charge in [-0.3, -0.25) is 9.48 Å². The molecule has 0 saturated carbocycles. The molecule has 0 radical (unpaired) electrons. The lowest BCUT2D eigenvalue weighted by Crippen LogP contribution is -2.49. The number of aryl methyl sites for hydroxylation is 1. The molecule has 1 aliphatic heterocycles. The minimum Gasteiger partial charge on any atom is -0.451 e. The van der Waals surface area contributed by atoms with Crippen LogP contribution in [0.4, 0.5) is 10.2 Å². The van der Waals surface area contributed by atoms with E-state index < -0.39 is 0 Å². The highest BCUT2D eigenvalue weighted by Gasteiger charge is 2.26. The van der Waals surface area contributed by atoms with Crippen LogP contribution in [0.5, 0.6) is 0 Å². The van der Waals surface area contributed by atoms with Gasteiger partial charge in [0.2, 0.25) is 0 Å². The Balaban J connectivity index is 1.30. The van der Waals surface area contributed by atoms with Crippen molar-refractivity contribution in [3.05, 3.63) is 60.5 Å². The van der Waals surface area contributed by atoms with E-state index >= 15 is 0 Å². The standard InChI is InChI=1S/C21H19FN6O2/c1-26-19-15(12-25-26)20(24-13-23-19)27-8-10-28(11-9-27)21(29)18-7-6-17(30-18)14-4-2-3-5-16(14)22/h2-7,12-13H,8-11H2,1H3. The van der Waals surface area contributed by atoms with Crippen LogP contribution in [-0.2, 0) is 7.05 Å². The summed E-state index contributed by atoms with van der Waals surface area (Å²) in [6.45, 7) is 2.32. The van der Waals surface area contributed by atoms with E-state index in [1.165, 1.54) is 12.4 Å². The number of carbonyl (C=O) groups excluding carboxylic acids is 1. The van der Waals surface area contributed by atoms with Crippen molar-refractivity contribution in [2.45, 2.75) is 0 Å². The van der Waals surface area contributed by atoms with Gasteiger partial charge in [0.05, 0.1) is 17.1 Å². The maximum atomic E-state index is 14.0. The highest BCUT2D eigenvalue weighted by atomic mass is 19.1. The fourth-order valence-corrected chi connectivity index (χ4v) is 3.74. The van der Waals surface area contributed by atoms with Crippen LogP contribution in [0.25, 0.3) is 22.4 Å². The SMILES string of the molecule is Cn1ncc2c(N3CCN(C(=O)c4ccc(-c5ccccc5F)o4)CC3)ncnc21. The molecule has 0 N–H and O–H groups in total. The van der Waals surface area contributed by atoms with Gasteiger partial charge in [-0.05, 0) is 24.3 Å². The molecule has 1 aliphatic rings. The zero-order chi connectivity index (χ0) is 20.7. The van der Waals surface area contributed by atoms with E-state index in [2.05, 4.69) is 20.0 Å². The van der Waals surface area contributed by atoms with Crippen molar-refractivity contribution in [2.24, 2.45) is 7.05 Å². The van der Waals surface area contributed by atoms with E-state index in [4.69, 9.17) is 4.42 Å². The van der Waals surface area contributed by atoms with Gasteiger partial charge in [-0.15, -0.1) is 0 Å². The molecular weight excluding hydrogens is 387 g/mol. The molecule has 1 amide bonds. The molecule has 0 aliphatic carbocycles. The third-order valence-electron chi connectivity index (χ3n) is 5.33. The smallest absolute Gasteiger partial charge is 0.289 e. The van der Waals surface area contributed by atoms with Crippen LogP contribution < -0.4 is 4.90 Å². The number of carbonyl (C=O) groups is 1. The number of benzene rings is 1. The van der Waals surface area contributed by atoms with Crippen LogP contribution in [0.2, 0.25) is 0 Å². The van der Waals surface area contributed by atoms with Crippen molar-refractivity contribution in [1.29, 1.82) is 0 Å². The van der Waals surface area contributed by atoms with E-state index in [1.807, 2.05) is 7.05 Å². The van der Waals surface area contributed by atoms with Gasteiger partial charge in [-0.2, -0.15) is 5.10 Å². The maximum absolute atomic E-state index is 14.0. The van der Waals surface area contributed by atoms with Crippen LogP contribution in [0.3, 0.4) is 0 Å². The first kappa shape index (κ1) is 18.3. The van der Waals surface area contributed by atoms with Gasteiger partial charge in [0.25, 0.3) is 5.91 Å². The first-order valence-electron chi connectivity index (χ1n) is 9.63. The molecule has 4 heterocycles. The van der Waals surface area contributed by atoms with Crippen molar-refractivity contribution >= 4 is 22.8 Å². The van der Waals surface area contributed by atoms with E-state index in [0.717, 1.165) is 16.9 Å². The summed E-state index contributed by atoms with van der Waals surface area (Å²) < 4.78 is 21.4. The Hall–Kier alpha value is -3.75. The topological polar surface area (TPSA) is 80.3 Å². The number of hydrogen-bond acceptors (Lipinski definition) is 6. The zero-order valence-corrected chi connectivity index (χ0v) is 16.3. The highest BCUT2D eigenvalue weighted by molar-refractivity contribution is 5.92. The van der Waals surface area contributed by atoms with Crippen LogP contribution >= 0.6 is 0 Å². The normalized spacial score (nSPS) is 14.5. The Labute approximate surface area is 171 Å². The van der Waals surface area contributed by atoms with Crippen molar-refractivity contribution in [1.82, 2.24) is 24.6 Å². The summed E-state index contributed by atoms with van der Waals surface area (Å²) in [7, 11) is 1.84. The van der Waals surface area contributed by atoms with Gasteiger partial charge in [-0.1, -0.05) is 12.1 Å². The average Bonchev–Trinajstić information content (AvgIpc) is 3.41. The van der Waals surface area contributed by atoms with E-state index in [0.29, 0.717) is 37.5 Å². The lowest BCUT2D eigenvalue weighted by Gasteiger charge is -2.35. The monoisotopic (exact) mass is 406 g/mol. The average molecular weight is 406 g/mol. The predicted octanol–water partition coefficient (Wildman–Crippen LogP) is 2.72. The molecule has 0 unspecified atom stereocenters. The molecule has 3 aromatic heterocycles. The lowest BCUT2D eigenvalue weighted by molar-refractivity contribution is 0.0715. The summed E-state index contributed by atoms with van der Waals surface area (Å²) in [5.41, 5.74) is 1.11. The number of aromatic nitrogens is 4. The summed E-state index contributed by atoms with van der Waals surface area (Å²) in [4.78, 5) is 25.4. The zero-order valence-electron chi connectivity index (χ0n) is 16.3. The molecule has 1 fully saturated rings. The largest absolute Gasteiger partial charge is 0.451 e. The lowest BCUT2D eigenvalue weighted by atomic mass is 10.1. The quantitative estimate of drug-likeness (QED) is 0.521. The summed E-state index contributed by atoms with van der Waals surface area (Å²) in [6, 6.07) is 9.56. The molecule has 0 bridgehead atoms. The molecule has 0 spiro atoms. The molecule has 1 aromatic carbocycles. The number of fused-ring (bicyclic) bond motifs is 1. The number of nitrogens with zero attached hydrogens (tertiary/aromatic N) is 6. The van der Waals surface area contributed by atoms with E-state index in [1.54, 1.807) is 46.1 Å². The van der Waals surface area contributed by atoms with Gasteiger partial charge in [0.15, 0.2) is 11.4 Å². The van der Waals surface area contributed by atoms with Crippen molar-refractivity contribution < 1.29 is 13.6 Å². The molecule has 5 rings (SSSR count). The summed E-state index contributed by atoms with van der Waals surface area (Å²) in [5.74, 6) is 0.783. The number of amides is 1. The van der Waals surface area contributed by atoms with Gasteiger partial charge in [0, 0.05) is 33.2 Å². The van der Waals surface area contributed by atoms with Gasteiger partial charge in [0.1, 0.15) is 23.7 Å². The van der Waals surface area contributed by atoms with Gasteiger partial charge in [-0.25, -0.2) is 14.4 Å². The maximum Gasteiger partial charge on any atom is 0.289 e. The first-order chi connectivity index (χ1) is 14.6. The third-order valence-corrected chi connectivity index (χ3v) is 5.33. The molecule has 8 nitrogen and oxygen atoms in total. The summed E-state index contributed by atoms with van der Waals surface area (Å²) >= 11 is 0. The summed E-state index contributed by atoms with van der Waals surface area (Å²) in [5, 5.41) is 5.14. The molecule has 4 aromatic rings. The molecule has 152 valence electrons. The molecule has 0 atom stereocenters. The minimum atomic E-state index is -0.383. The third kappa shape index (κ3) is 3.08. The second kappa shape index (κ2) is 7.25. The molecule has 1 saturated heterocycles. The summed E-state index contributed by atoms with van der Waals surface area (Å²) in [6.07, 6.45) is 3.29. The number of anilines is 1. The number of piperazine rings is 1. The highest BCUT2D eigenvalue weighted by Crippen LogP contribution is 2.26. The van der Waals surface area contributed by atoms with Crippen molar-refractivity contribution in [3.8, 4) is 11.3 Å². The molecule has 30 heavy (non-hydrogen) atoms. The van der Waals surface area contributed by atoms with E-state index in [9.17, 15) is 9.18 Å². The second-order valence-corrected chi connectivity index (χ2v) is 7.13. The Kier molecular flexibility index (Phi) is 4.42. The van der Waals surface area contributed by atoms with Crippen molar-refractivity contribution in [2.75, 3.05) is 31.1 Å².